The highest BCUT2D eigenvalue weighted by Gasteiger charge is 2.44. The first-order valence-electron chi connectivity index (χ1n) is 5.95. The third kappa shape index (κ3) is 1.66. The van der Waals surface area contributed by atoms with E-state index in [1.54, 1.807) is 0 Å². The molecule has 0 aliphatic heterocycles. The van der Waals surface area contributed by atoms with E-state index in [0.29, 0.717) is 6.54 Å². The maximum absolute atomic E-state index is 9.54. The number of nitrogens with two attached hydrogens (primary N) is 1. The molecule has 1 aromatic carbocycles. The van der Waals surface area contributed by atoms with E-state index in [2.05, 4.69) is 32.9 Å². The molecule has 0 heterocycles. The van der Waals surface area contributed by atoms with Gasteiger partial charge in [-0.1, -0.05) is 12.1 Å². The monoisotopic (exact) mass is 219 g/mol. The number of hydrogen-bond acceptors (Lipinski definition) is 2. The van der Waals surface area contributed by atoms with Gasteiger partial charge < -0.3 is 10.8 Å². The molecule has 2 heteroatoms. The molecule has 16 heavy (non-hydrogen) atoms. The van der Waals surface area contributed by atoms with Gasteiger partial charge in [0, 0.05) is 12.0 Å². The Bertz CT molecular complexity index is 405. The van der Waals surface area contributed by atoms with E-state index in [1.165, 1.54) is 22.3 Å². The molecule has 0 unspecified atom stereocenters. The molecule has 1 saturated carbocycles. The van der Waals surface area contributed by atoms with Gasteiger partial charge in [-0.25, -0.2) is 0 Å². The predicted molar refractivity (Wildman–Crippen MR) is 66.6 cm³/mol. The number of aliphatic hydroxyl groups excluding tert-OH is 1. The number of benzene rings is 1. The normalized spacial score (nSPS) is 28.9. The average Bonchev–Trinajstić information content (AvgIpc) is 2.19. The Kier molecular flexibility index (Phi) is 2.81. The third-order valence-corrected chi connectivity index (χ3v) is 4.06. The maximum Gasteiger partial charge on any atom is 0.0558 e. The van der Waals surface area contributed by atoms with Gasteiger partial charge in [0.2, 0.25) is 0 Å². The number of rotatable bonds is 2. The van der Waals surface area contributed by atoms with Crippen molar-refractivity contribution in [1.29, 1.82) is 0 Å². The number of aliphatic hydroxyl groups is 1. The van der Waals surface area contributed by atoms with E-state index < -0.39 is 0 Å². The summed E-state index contributed by atoms with van der Waals surface area (Å²) in [5, 5.41) is 9.54. The first kappa shape index (κ1) is 11.6. The molecule has 0 radical (unpaired) electrons. The molecule has 2 nitrogen and oxygen atoms in total. The molecule has 0 atom stereocenters. The molecule has 1 fully saturated rings. The van der Waals surface area contributed by atoms with Crippen molar-refractivity contribution in [1.82, 2.24) is 0 Å². The van der Waals surface area contributed by atoms with E-state index in [-0.39, 0.29) is 11.5 Å². The van der Waals surface area contributed by atoms with Crippen LogP contribution in [0.5, 0.6) is 0 Å². The van der Waals surface area contributed by atoms with Crippen LogP contribution in [0.2, 0.25) is 0 Å². The zero-order valence-electron chi connectivity index (χ0n) is 10.4. The third-order valence-electron chi connectivity index (χ3n) is 4.06. The Morgan fingerprint density at radius 2 is 1.75 bits per heavy atom. The van der Waals surface area contributed by atoms with Crippen molar-refractivity contribution in [3.63, 3.8) is 0 Å². The summed E-state index contributed by atoms with van der Waals surface area (Å²) in [7, 11) is 0. The van der Waals surface area contributed by atoms with Crippen LogP contribution >= 0.6 is 0 Å². The molecule has 0 saturated heterocycles. The van der Waals surface area contributed by atoms with E-state index >= 15 is 0 Å². The van der Waals surface area contributed by atoms with Gasteiger partial charge in [0.05, 0.1) is 6.10 Å². The molecule has 1 aliphatic carbocycles. The summed E-state index contributed by atoms with van der Waals surface area (Å²) in [6.07, 6.45) is 1.46. The molecule has 2 rings (SSSR count). The first-order valence-corrected chi connectivity index (χ1v) is 5.95. The van der Waals surface area contributed by atoms with Crippen LogP contribution in [0, 0.1) is 20.8 Å². The van der Waals surface area contributed by atoms with Crippen molar-refractivity contribution in [2.45, 2.75) is 45.1 Å². The van der Waals surface area contributed by atoms with E-state index in [4.69, 9.17) is 5.73 Å². The minimum Gasteiger partial charge on any atom is -0.393 e. The Balaban J connectivity index is 2.43. The van der Waals surface area contributed by atoms with Crippen LogP contribution in [-0.2, 0) is 5.41 Å². The fourth-order valence-corrected chi connectivity index (χ4v) is 2.87. The summed E-state index contributed by atoms with van der Waals surface area (Å²) in [5.41, 5.74) is 11.2. The molecule has 3 N–H and O–H groups in total. The minimum absolute atomic E-state index is 0.0297. The molecule has 1 aliphatic rings. The maximum atomic E-state index is 9.54. The quantitative estimate of drug-likeness (QED) is 0.798. The lowest BCUT2D eigenvalue weighted by Gasteiger charge is -2.46. The van der Waals surface area contributed by atoms with Crippen LogP contribution in [0.15, 0.2) is 12.1 Å². The van der Waals surface area contributed by atoms with Gasteiger partial charge >= 0.3 is 0 Å². The molecule has 0 amide bonds. The highest BCUT2D eigenvalue weighted by Crippen LogP contribution is 2.44. The zero-order chi connectivity index (χ0) is 11.9. The van der Waals surface area contributed by atoms with Crippen molar-refractivity contribution in [3.05, 3.63) is 34.4 Å². The second-order valence-electron chi connectivity index (χ2n) is 5.30. The minimum atomic E-state index is -0.162. The lowest BCUT2D eigenvalue weighted by Crippen LogP contribution is -2.50. The molecule has 0 bridgehead atoms. The summed E-state index contributed by atoms with van der Waals surface area (Å²) in [6, 6.07) is 4.48. The summed E-state index contributed by atoms with van der Waals surface area (Å²) < 4.78 is 0. The summed E-state index contributed by atoms with van der Waals surface area (Å²) >= 11 is 0. The van der Waals surface area contributed by atoms with Gasteiger partial charge in [-0.2, -0.15) is 0 Å². The van der Waals surface area contributed by atoms with Crippen LogP contribution in [0.1, 0.15) is 35.1 Å². The Hall–Kier alpha value is -0.860. The van der Waals surface area contributed by atoms with Gasteiger partial charge in [-0.3, -0.25) is 0 Å². The molecular weight excluding hydrogens is 198 g/mol. The van der Waals surface area contributed by atoms with Gasteiger partial charge in [0.15, 0.2) is 0 Å². The van der Waals surface area contributed by atoms with Crippen LogP contribution in [0.3, 0.4) is 0 Å². The SMILES string of the molecule is Cc1cc(C)c(C2(CN)CC(O)C2)cc1C. The summed E-state index contributed by atoms with van der Waals surface area (Å²) in [6.45, 7) is 7.05. The molecule has 88 valence electrons. The molecule has 0 aromatic heterocycles. The van der Waals surface area contributed by atoms with Crippen LogP contribution in [0.4, 0.5) is 0 Å². The number of aryl methyl sites for hydroxylation is 3. The standard InChI is InChI=1S/C14H21NO/c1-9-4-11(3)13(5-10(9)2)14(8-15)6-12(16)7-14/h4-5,12,16H,6-8,15H2,1-3H3. The zero-order valence-corrected chi connectivity index (χ0v) is 10.4. The topological polar surface area (TPSA) is 46.2 Å². The van der Waals surface area contributed by atoms with E-state index in [1.807, 2.05) is 0 Å². The summed E-state index contributed by atoms with van der Waals surface area (Å²) in [4.78, 5) is 0. The highest BCUT2D eigenvalue weighted by atomic mass is 16.3. The van der Waals surface area contributed by atoms with Gasteiger partial charge in [0.25, 0.3) is 0 Å². The second kappa shape index (κ2) is 3.86. The smallest absolute Gasteiger partial charge is 0.0558 e. The predicted octanol–water partition coefficient (Wildman–Crippen LogP) is 1.96. The first-order chi connectivity index (χ1) is 7.48. The van der Waals surface area contributed by atoms with Crippen LogP contribution in [-0.4, -0.2) is 17.8 Å². The molecule has 1 aromatic rings. The summed E-state index contributed by atoms with van der Waals surface area (Å²) in [5.74, 6) is 0. The molecular formula is C14H21NO. The fraction of sp³-hybridized carbons (Fsp3) is 0.571. The Morgan fingerprint density at radius 3 is 2.25 bits per heavy atom. The second-order valence-corrected chi connectivity index (χ2v) is 5.30. The Labute approximate surface area is 97.5 Å². The van der Waals surface area contributed by atoms with E-state index in [0.717, 1.165) is 12.8 Å². The van der Waals surface area contributed by atoms with E-state index in [9.17, 15) is 5.11 Å². The van der Waals surface area contributed by atoms with Crippen molar-refractivity contribution >= 4 is 0 Å². The number of hydrogen-bond donors (Lipinski definition) is 2. The van der Waals surface area contributed by atoms with Crippen LogP contribution < -0.4 is 5.73 Å². The lowest BCUT2D eigenvalue weighted by atomic mass is 9.61. The van der Waals surface area contributed by atoms with Crippen molar-refractivity contribution in [3.8, 4) is 0 Å². The fourth-order valence-electron chi connectivity index (χ4n) is 2.87. The van der Waals surface area contributed by atoms with Crippen molar-refractivity contribution < 1.29 is 5.11 Å². The Morgan fingerprint density at radius 1 is 1.19 bits per heavy atom. The van der Waals surface area contributed by atoms with Crippen molar-refractivity contribution in [2.75, 3.05) is 6.54 Å². The molecule has 0 spiro atoms. The van der Waals surface area contributed by atoms with Gasteiger partial charge in [-0.05, 0) is 55.9 Å². The highest BCUT2D eigenvalue weighted by molar-refractivity contribution is 5.43. The lowest BCUT2D eigenvalue weighted by molar-refractivity contribution is 0.0218. The van der Waals surface area contributed by atoms with Crippen LogP contribution in [0.25, 0.3) is 0 Å². The average molecular weight is 219 g/mol. The van der Waals surface area contributed by atoms with Gasteiger partial charge in [-0.15, -0.1) is 0 Å². The van der Waals surface area contributed by atoms with Crippen molar-refractivity contribution in [2.24, 2.45) is 5.73 Å². The largest absolute Gasteiger partial charge is 0.393 e. The van der Waals surface area contributed by atoms with Gasteiger partial charge in [0.1, 0.15) is 0 Å².